The third-order valence-electron chi connectivity index (χ3n) is 3.55. The van der Waals surface area contributed by atoms with Crippen LogP contribution in [-0.2, 0) is 15.7 Å². The van der Waals surface area contributed by atoms with Gasteiger partial charge >= 0.3 is 6.18 Å². The molecule has 1 amide bonds. The molecule has 24 heavy (non-hydrogen) atoms. The Bertz CT molecular complexity index is 637. The summed E-state index contributed by atoms with van der Waals surface area (Å²) in [7, 11) is 0. The van der Waals surface area contributed by atoms with Crippen LogP contribution in [0.4, 0.5) is 18.9 Å². The Morgan fingerprint density at radius 2 is 2.08 bits per heavy atom. The number of nitrogens with zero attached hydrogens (tertiary/aromatic N) is 2. The minimum absolute atomic E-state index is 0.0671. The zero-order valence-corrected chi connectivity index (χ0v) is 12.6. The quantitative estimate of drug-likeness (QED) is 0.858. The van der Waals surface area contributed by atoms with E-state index in [0.717, 1.165) is 6.07 Å². The molecule has 6 nitrogen and oxygen atoms in total. The highest BCUT2D eigenvalue weighted by Gasteiger charge is 2.34. The van der Waals surface area contributed by atoms with Gasteiger partial charge in [0.2, 0.25) is 0 Å². The average Bonchev–Trinajstić information content (AvgIpc) is 2.55. The second-order valence-electron chi connectivity index (χ2n) is 5.29. The number of anilines is 1. The predicted molar refractivity (Wildman–Crippen MR) is 78.1 cm³/mol. The highest BCUT2D eigenvalue weighted by atomic mass is 19.4. The fourth-order valence-corrected chi connectivity index (χ4v) is 2.29. The number of alkyl halides is 3. The SMILES string of the molecule is N#Cc1ccc(NC(=O)[C@@H](O)CN2CCOCC2)cc1C(F)(F)F. The summed E-state index contributed by atoms with van der Waals surface area (Å²) >= 11 is 0. The van der Waals surface area contributed by atoms with E-state index in [4.69, 9.17) is 10.00 Å². The Hall–Kier alpha value is -2.15. The number of morpholine rings is 1. The van der Waals surface area contributed by atoms with E-state index < -0.39 is 29.3 Å². The number of nitriles is 1. The molecule has 1 fully saturated rings. The number of carbonyl (C=O) groups excluding carboxylic acids is 1. The fraction of sp³-hybridized carbons (Fsp3) is 0.467. The fourth-order valence-electron chi connectivity index (χ4n) is 2.29. The van der Waals surface area contributed by atoms with Crippen molar-refractivity contribution in [1.82, 2.24) is 4.90 Å². The molecular weight excluding hydrogens is 327 g/mol. The number of amides is 1. The number of aliphatic hydroxyl groups excluding tert-OH is 1. The van der Waals surface area contributed by atoms with Gasteiger partial charge in [0, 0.05) is 25.3 Å². The predicted octanol–water partition coefficient (Wildman–Crippen LogP) is 1.21. The van der Waals surface area contributed by atoms with Gasteiger partial charge in [-0.1, -0.05) is 0 Å². The van der Waals surface area contributed by atoms with Gasteiger partial charge in [-0.25, -0.2) is 0 Å². The number of nitrogens with one attached hydrogen (secondary N) is 1. The van der Waals surface area contributed by atoms with E-state index in [2.05, 4.69) is 5.32 Å². The number of hydrogen-bond acceptors (Lipinski definition) is 5. The molecule has 130 valence electrons. The van der Waals surface area contributed by atoms with Crippen molar-refractivity contribution < 1.29 is 27.8 Å². The van der Waals surface area contributed by atoms with E-state index >= 15 is 0 Å². The number of benzene rings is 1. The minimum Gasteiger partial charge on any atom is -0.382 e. The normalized spacial score (nSPS) is 17.1. The number of aliphatic hydroxyl groups is 1. The van der Waals surface area contributed by atoms with Gasteiger partial charge in [-0.2, -0.15) is 18.4 Å². The molecule has 0 aliphatic carbocycles. The van der Waals surface area contributed by atoms with Gasteiger partial charge in [0.1, 0.15) is 6.10 Å². The van der Waals surface area contributed by atoms with E-state index in [9.17, 15) is 23.1 Å². The largest absolute Gasteiger partial charge is 0.417 e. The maximum absolute atomic E-state index is 12.9. The topological polar surface area (TPSA) is 85.6 Å². The van der Waals surface area contributed by atoms with Crippen LogP contribution in [0.3, 0.4) is 0 Å². The van der Waals surface area contributed by atoms with Crippen molar-refractivity contribution in [2.45, 2.75) is 12.3 Å². The van der Waals surface area contributed by atoms with E-state index in [1.807, 2.05) is 4.90 Å². The van der Waals surface area contributed by atoms with Crippen LogP contribution < -0.4 is 5.32 Å². The molecule has 2 rings (SSSR count). The molecule has 1 heterocycles. The first-order valence-corrected chi connectivity index (χ1v) is 7.21. The van der Waals surface area contributed by atoms with Crippen molar-refractivity contribution in [3.05, 3.63) is 29.3 Å². The Morgan fingerprint density at radius 1 is 1.42 bits per heavy atom. The molecule has 0 radical (unpaired) electrons. The second-order valence-corrected chi connectivity index (χ2v) is 5.29. The number of β-amino-alcohol motifs (C(OH)–C–C–N with tert-alkyl or cyclic N) is 1. The molecule has 0 spiro atoms. The van der Waals surface area contributed by atoms with Crippen molar-refractivity contribution in [1.29, 1.82) is 5.26 Å². The lowest BCUT2D eigenvalue weighted by Gasteiger charge is -2.28. The number of hydrogen-bond donors (Lipinski definition) is 2. The van der Waals surface area contributed by atoms with Crippen LogP contribution in [0.5, 0.6) is 0 Å². The third kappa shape index (κ3) is 4.67. The summed E-state index contributed by atoms with van der Waals surface area (Å²) in [4.78, 5) is 13.8. The van der Waals surface area contributed by atoms with Gasteiger partial charge in [-0.15, -0.1) is 0 Å². The molecule has 0 aromatic heterocycles. The molecule has 2 N–H and O–H groups in total. The number of halogens is 3. The van der Waals surface area contributed by atoms with Crippen LogP contribution >= 0.6 is 0 Å². The van der Waals surface area contributed by atoms with Gasteiger partial charge in [0.25, 0.3) is 5.91 Å². The van der Waals surface area contributed by atoms with Crippen molar-refractivity contribution in [3.8, 4) is 6.07 Å². The molecule has 1 aromatic carbocycles. The molecule has 9 heteroatoms. The molecule has 1 saturated heterocycles. The summed E-state index contributed by atoms with van der Waals surface area (Å²) < 4.78 is 43.8. The maximum atomic E-state index is 12.9. The van der Waals surface area contributed by atoms with Gasteiger partial charge in [-0.3, -0.25) is 9.69 Å². The van der Waals surface area contributed by atoms with Crippen LogP contribution in [0.25, 0.3) is 0 Å². The number of rotatable bonds is 4. The van der Waals surface area contributed by atoms with Crippen LogP contribution in [0.2, 0.25) is 0 Å². The van der Waals surface area contributed by atoms with E-state index in [1.165, 1.54) is 12.1 Å². The number of ether oxygens (including phenoxy) is 1. The lowest BCUT2D eigenvalue weighted by molar-refractivity contribution is -0.137. The summed E-state index contributed by atoms with van der Waals surface area (Å²) in [5.74, 6) is -0.806. The van der Waals surface area contributed by atoms with E-state index in [0.29, 0.717) is 32.4 Å². The highest BCUT2D eigenvalue weighted by molar-refractivity contribution is 5.94. The highest BCUT2D eigenvalue weighted by Crippen LogP contribution is 2.33. The van der Waals surface area contributed by atoms with Crippen molar-refractivity contribution in [2.24, 2.45) is 0 Å². The molecule has 1 aliphatic rings. The van der Waals surface area contributed by atoms with Crippen LogP contribution in [0, 0.1) is 11.3 Å². The maximum Gasteiger partial charge on any atom is 0.417 e. The Kier molecular flexibility index (Phi) is 5.77. The lowest BCUT2D eigenvalue weighted by Crippen LogP contribution is -2.44. The summed E-state index contributed by atoms with van der Waals surface area (Å²) in [6.45, 7) is 2.20. The molecule has 0 unspecified atom stereocenters. The smallest absolute Gasteiger partial charge is 0.382 e. The monoisotopic (exact) mass is 343 g/mol. The molecule has 1 aromatic rings. The summed E-state index contributed by atoms with van der Waals surface area (Å²) in [5, 5.41) is 20.9. The molecule has 0 saturated carbocycles. The standard InChI is InChI=1S/C15H16F3N3O3/c16-15(17,18)12-7-11(2-1-10(12)8-19)20-14(23)13(22)9-21-3-5-24-6-4-21/h1-2,7,13,22H,3-6,9H2,(H,20,23)/t13-/m0/s1. The molecular formula is C15H16F3N3O3. The summed E-state index contributed by atoms with van der Waals surface area (Å²) in [6.07, 6.45) is -6.09. The third-order valence-corrected chi connectivity index (χ3v) is 3.55. The van der Waals surface area contributed by atoms with E-state index in [-0.39, 0.29) is 12.2 Å². The Morgan fingerprint density at radius 3 is 2.67 bits per heavy atom. The minimum atomic E-state index is -4.71. The van der Waals surface area contributed by atoms with Crippen LogP contribution in [0.1, 0.15) is 11.1 Å². The zero-order chi connectivity index (χ0) is 17.7. The zero-order valence-electron chi connectivity index (χ0n) is 12.6. The molecule has 1 atom stereocenters. The molecule has 0 bridgehead atoms. The number of carbonyl (C=O) groups is 1. The van der Waals surface area contributed by atoms with Crippen molar-refractivity contribution in [3.63, 3.8) is 0 Å². The first-order valence-electron chi connectivity index (χ1n) is 7.21. The van der Waals surface area contributed by atoms with Crippen LogP contribution in [0.15, 0.2) is 18.2 Å². The lowest BCUT2D eigenvalue weighted by atomic mass is 10.1. The van der Waals surface area contributed by atoms with Crippen LogP contribution in [-0.4, -0.2) is 54.9 Å². The summed E-state index contributed by atoms with van der Waals surface area (Å²) in [5.41, 5.74) is -1.80. The van der Waals surface area contributed by atoms with Gasteiger partial charge < -0.3 is 15.2 Å². The second kappa shape index (κ2) is 7.61. The Labute approximate surface area is 136 Å². The average molecular weight is 343 g/mol. The van der Waals surface area contributed by atoms with Gasteiger partial charge in [-0.05, 0) is 18.2 Å². The molecule has 1 aliphatic heterocycles. The van der Waals surface area contributed by atoms with Gasteiger partial charge in [0.05, 0.1) is 30.4 Å². The first kappa shape index (κ1) is 18.2. The van der Waals surface area contributed by atoms with E-state index in [1.54, 1.807) is 0 Å². The van der Waals surface area contributed by atoms with Crippen molar-refractivity contribution in [2.75, 3.05) is 38.2 Å². The van der Waals surface area contributed by atoms with Crippen molar-refractivity contribution >= 4 is 11.6 Å². The first-order chi connectivity index (χ1) is 11.3. The Balaban J connectivity index is 2.04. The summed E-state index contributed by atoms with van der Waals surface area (Å²) in [6, 6.07) is 4.30. The van der Waals surface area contributed by atoms with Gasteiger partial charge in [0.15, 0.2) is 0 Å².